The van der Waals surface area contributed by atoms with Gasteiger partial charge in [0.2, 0.25) is 0 Å². The summed E-state index contributed by atoms with van der Waals surface area (Å²) in [6.45, 7) is 0. The van der Waals surface area contributed by atoms with Crippen molar-refractivity contribution in [2.75, 3.05) is 0 Å². The highest BCUT2D eigenvalue weighted by Crippen LogP contribution is 2.48. The van der Waals surface area contributed by atoms with Crippen LogP contribution in [0.4, 0.5) is 0 Å². The van der Waals surface area contributed by atoms with Crippen molar-refractivity contribution >= 4 is 81.4 Å². The van der Waals surface area contributed by atoms with Crippen LogP contribution >= 0.6 is 0 Å². The minimum absolute atomic E-state index is 0.978. The predicted octanol–water partition coefficient (Wildman–Crippen LogP) is 20.1. The van der Waals surface area contributed by atoms with E-state index in [9.17, 15) is 0 Å². The maximum Gasteiger partial charge on any atom is 0.145 e. The number of nitrogens with zero attached hydrogens (tertiary/aromatic N) is 2. The molecule has 0 saturated carbocycles. The molecule has 0 saturated heterocycles. The summed E-state index contributed by atoms with van der Waals surface area (Å²) in [7, 11) is 0. The lowest BCUT2D eigenvalue weighted by Gasteiger charge is -2.20. The number of hydrogen-bond donors (Lipinski definition) is 0. The number of rotatable bonds is 7. The van der Waals surface area contributed by atoms with Gasteiger partial charge in [0, 0.05) is 11.3 Å². The van der Waals surface area contributed by atoms with E-state index >= 15 is 0 Å². The first kappa shape index (κ1) is 43.0. The number of fused-ring (bicyclic) bond motifs is 7. The zero-order valence-corrected chi connectivity index (χ0v) is 41.2. The van der Waals surface area contributed by atoms with Gasteiger partial charge in [0.05, 0.1) is 11.0 Å². The summed E-state index contributed by atoms with van der Waals surface area (Å²) in [6.07, 6.45) is 8.66. The van der Waals surface area contributed by atoms with Crippen LogP contribution in [0.5, 0.6) is 0 Å². The van der Waals surface area contributed by atoms with Gasteiger partial charge >= 0.3 is 0 Å². The Morgan fingerprint density at radius 2 is 0.720 bits per heavy atom. The lowest BCUT2D eigenvalue weighted by atomic mass is 9.84. The van der Waals surface area contributed by atoms with E-state index in [1.807, 2.05) is 0 Å². The highest BCUT2D eigenvalue weighted by Gasteiger charge is 2.22. The van der Waals surface area contributed by atoms with Crippen LogP contribution in [-0.4, -0.2) is 9.55 Å². The van der Waals surface area contributed by atoms with Crippen molar-refractivity contribution in [3.05, 3.63) is 267 Å². The third kappa shape index (κ3) is 7.13. The van der Waals surface area contributed by atoms with E-state index in [1.165, 1.54) is 126 Å². The van der Waals surface area contributed by atoms with Crippen LogP contribution in [-0.2, 0) is 0 Å². The van der Waals surface area contributed by atoms with E-state index in [0.717, 1.165) is 35.3 Å². The van der Waals surface area contributed by atoms with Gasteiger partial charge in [-0.1, -0.05) is 231 Å². The molecule has 13 aromatic carbocycles. The lowest BCUT2D eigenvalue weighted by Crippen LogP contribution is -2.01. The number of allylic oxidation sites excluding steroid dienone is 4. The van der Waals surface area contributed by atoms with Gasteiger partial charge in [0.1, 0.15) is 5.82 Å². The van der Waals surface area contributed by atoms with Crippen molar-refractivity contribution in [1.29, 1.82) is 0 Å². The third-order valence-electron chi connectivity index (χ3n) is 15.8. The van der Waals surface area contributed by atoms with E-state index < -0.39 is 0 Å². The molecule has 15 rings (SSSR count). The SMILES string of the molecule is C1=CCCC(n2c(-c3ccc(-c4c5ccccc5c(-c5ccc(-c6ccc7c(-c8ccc9ccccc9c8)c8ccccc8c(-c8ccc9ccccc9c8)c7c6)cc5)c5ccccc45)cc3)nc3ccccc32)=C1. The molecule has 0 atom stereocenters. The Morgan fingerprint density at radius 1 is 0.307 bits per heavy atom. The molecular formula is C73H48N2. The fourth-order valence-corrected chi connectivity index (χ4v) is 12.3. The molecule has 2 nitrogen and oxygen atoms in total. The van der Waals surface area contributed by atoms with Crippen LogP contribution in [0.25, 0.3) is 148 Å². The molecule has 75 heavy (non-hydrogen) atoms. The van der Waals surface area contributed by atoms with Gasteiger partial charge in [0.15, 0.2) is 0 Å². The van der Waals surface area contributed by atoms with Crippen molar-refractivity contribution in [1.82, 2.24) is 9.55 Å². The molecule has 0 fully saturated rings. The highest BCUT2D eigenvalue weighted by molar-refractivity contribution is 6.24. The van der Waals surface area contributed by atoms with Crippen molar-refractivity contribution in [3.8, 4) is 67.0 Å². The lowest BCUT2D eigenvalue weighted by molar-refractivity contribution is 0.960. The van der Waals surface area contributed by atoms with Gasteiger partial charge in [-0.25, -0.2) is 4.98 Å². The van der Waals surface area contributed by atoms with Crippen LogP contribution in [0.1, 0.15) is 12.8 Å². The molecule has 0 spiro atoms. The van der Waals surface area contributed by atoms with E-state index in [4.69, 9.17) is 4.98 Å². The smallest absolute Gasteiger partial charge is 0.145 e. The molecule has 1 heterocycles. The van der Waals surface area contributed by atoms with Crippen LogP contribution < -0.4 is 0 Å². The second kappa shape index (κ2) is 17.5. The number of benzene rings is 13. The van der Waals surface area contributed by atoms with E-state index in [2.05, 4.69) is 272 Å². The van der Waals surface area contributed by atoms with E-state index in [0.29, 0.717) is 0 Å². The largest absolute Gasteiger partial charge is 0.296 e. The van der Waals surface area contributed by atoms with Crippen LogP contribution in [0, 0.1) is 0 Å². The molecule has 2 heteroatoms. The number of aromatic nitrogens is 2. The molecule has 0 aliphatic heterocycles. The average Bonchev–Trinajstić information content (AvgIpc) is 3.90. The second-order valence-corrected chi connectivity index (χ2v) is 20.1. The molecule has 350 valence electrons. The molecule has 0 bridgehead atoms. The van der Waals surface area contributed by atoms with Crippen molar-refractivity contribution in [3.63, 3.8) is 0 Å². The zero-order chi connectivity index (χ0) is 49.4. The van der Waals surface area contributed by atoms with Crippen LogP contribution in [0.2, 0.25) is 0 Å². The molecule has 0 amide bonds. The molecule has 1 aromatic heterocycles. The maximum atomic E-state index is 5.20. The van der Waals surface area contributed by atoms with Gasteiger partial charge in [-0.15, -0.1) is 0 Å². The predicted molar refractivity (Wildman–Crippen MR) is 320 cm³/mol. The molecule has 0 radical (unpaired) electrons. The molecule has 0 unspecified atom stereocenters. The zero-order valence-electron chi connectivity index (χ0n) is 41.2. The summed E-state index contributed by atoms with van der Waals surface area (Å²) in [4.78, 5) is 5.20. The Balaban J connectivity index is 0.861. The first-order valence-corrected chi connectivity index (χ1v) is 26.2. The van der Waals surface area contributed by atoms with Crippen LogP contribution in [0.15, 0.2) is 267 Å². The standard InChI is InChI=1S/C73H48N2/c1-2-20-58(21-3-1)75-68-29-15-14-28-67(68)74-73(75)52-38-36-51(37-39-52)70-61-24-10-8-22-59(61)69(60-23-9-11-25-62(60)70)50-34-30-49(31-35-50)55-42-43-65-66(46-55)72(57-41-33-48-17-5-7-19-54(48)45-57)64-27-13-12-26-63(64)71(65)56-40-32-47-16-4-6-18-53(47)44-56/h1-2,4-20,22-46H,3,21H2. The number of para-hydroxylation sites is 2. The van der Waals surface area contributed by atoms with Gasteiger partial charge < -0.3 is 0 Å². The minimum atomic E-state index is 0.978. The Kier molecular flexibility index (Phi) is 10.1. The summed E-state index contributed by atoms with van der Waals surface area (Å²) >= 11 is 0. The molecule has 0 N–H and O–H groups in total. The van der Waals surface area contributed by atoms with Gasteiger partial charge in [0.25, 0.3) is 0 Å². The minimum Gasteiger partial charge on any atom is -0.296 e. The highest BCUT2D eigenvalue weighted by atomic mass is 15.1. The monoisotopic (exact) mass is 952 g/mol. The summed E-state index contributed by atoms with van der Waals surface area (Å²) in [5, 5.41) is 14.9. The number of imidazole rings is 1. The van der Waals surface area contributed by atoms with Gasteiger partial charge in [-0.3, -0.25) is 4.57 Å². The summed E-state index contributed by atoms with van der Waals surface area (Å²) in [6, 6.07) is 92.2. The van der Waals surface area contributed by atoms with Crippen molar-refractivity contribution < 1.29 is 0 Å². The molecule has 14 aromatic rings. The van der Waals surface area contributed by atoms with Crippen LogP contribution in [0.3, 0.4) is 0 Å². The first-order chi connectivity index (χ1) is 37.2. The second-order valence-electron chi connectivity index (χ2n) is 20.1. The normalized spacial score (nSPS) is 12.7. The quantitative estimate of drug-likeness (QED) is 0.146. The Morgan fingerprint density at radius 3 is 1.25 bits per heavy atom. The van der Waals surface area contributed by atoms with E-state index in [1.54, 1.807) is 0 Å². The fraction of sp³-hybridized carbons (Fsp3) is 0.0274. The molecule has 1 aliphatic rings. The van der Waals surface area contributed by atoms with E-state index in [-0.39, 0.29) is 0 Å². The fourth-order valence-electron chi connectivity index (χ4n) is 12.3. The Bertz CT molecular complexity index is 4630. The van der Waals surface area contributed by atoms with Gasteiger partial charge in [-0.2, -0.15) is 0 Å². The molecular weight excluding hydrogens is 905 g/mol. The van der Waals surface area contributed by atoms with Crippen molar-refractivity contribution in [2.24, 2.45) is 0 Å². The number of hydrogen-bond acceptors (Lipinski definition) is 1. The Labute approximate surface area is 435 Å². The van der Waals surface area contributed by atoms with Gasteiger partial charge in [-0.05, 0) is 170 Å². The topological polar surface area (TPSA) is 17.8 Å². The summed E-state index contributed by atoms with van der Waals surface area (Å²) in [5.74, 6) is 0.978. The average molecular weight is 953 g/mol. The molecule has 1 aliphatic carbocycles. The third-order valence-corrected chi connectivity index (χ3v) is 15.8. The summed E-state index contributed by atoms with van der Waals surface area (Å²) in [5.41, 5.74) is 16.7. The maximum absolute atomic E-state index is 5.20. The first-order valence-electron chi connectivity index (χ1n) is 26.2. The van der Waals surface area contributed by atoms with Crippen molar-refractivity contribution in [2.45, 2.75) is 12.8 Å². The summed E-state index contributed by atoms with van der Waals surface area (Å²) < 4.78 is 2.35. The Hall–Kier alpha value is -9.63.